The van der Waals surface area contributed by atoms with E-state index in [1.807, 2.05) is 30.3 Å². The maximum absolute atomic E-state index is 11.7. The fraction of sp³-hybridized carbons (Fsp3) is 0.471. The van der Waals surface area contributed by atoms with Gasteiger partial charge in [-0.25, -0.2) is 4.79 Å². The third-order valence-electron chi connectivity index (χ3n) is 2.94. The molecule has 7 heteroatoms. The molecule has 7 nitrogen and oxygen atoms in total. The Morgan fingerprint density at radius 2 is 1.92 bits per heavy atom. The molecule has 0 spiro atoms. The Bertz CT molecular complexity index is 567. The van der Waals surface area contributed by atoms with Crippen LogP contribution in [-0.4, -0.2) is 36.2 Å². The van der Waals surface area contributed by atoms with Crippen LogP contribution in [0.3, 0.4) is 0 Å². The number of ether oxygens (including phenoxy) is 1. The summed E-state index contributed by atoms with van der Waals surface area (Å²) < 4.78 is 4.99. The second-order valence-corrected chi connectivity index (χ2v) is 5.28. The summed E-state index contributed by atoms with van der Waals surface area (Å²) in [5.74, 6) is -0.927. The van der Waals surface area contributed by atoms with Gasteiger partial charge in [-0.15, -0.1) is 0 Å². The molecule has 0 aromatic heterocycles. The largest absolute Gasteiger partial charge is 0.480 e. The van der Waals surface area contributed by atoms with Gasteiger partial charge in [0.15, 0.2) is 0 Å². The van der Waals surface area contributed by atoms with E-state index in [0.717, 1.165) is 5.69 Å². The first-order valence-corrected chi connectivity index (χ1v) is 7.64. The maximum Gasteiger partial charge on any atom is 0.328 e. The summed E-state index contributed by atoms with van der Waals surface area (Å²) in [6, 6.07) is 9.42. The lowest BCUT2D eigenvalue weighted by Gasteiger charge is -2.18. The van der Waals surface area contributed by atoms with Gasteiger partial charge in [-0.1, -0.05) is 32.0 Å². The zero-order valence-corrected chi connectivity index (χ0v) is 14.3. The lowest BCUT2D eigenvalue weighted by molar-refractivity contribution is -0.144. The highest BCUT2D eigenvalue weighted by atomic mass is 16.5. The highest BCUT2D eigenvalue weighted by molar-refractivity contribution is 5.79. The summed E-state index contributed by atoms with van der Waals surface area (Å²) in [5, 5.41) is 19.2. The van der Waals surface area contributed by atoms with Gasteiger partial charge in [0, 0.05) is 5.69 Å². The Kier molecular flexibility index (Phi) is 10.6. The molecule has 0 bridgehead atoms. The quantitative estimate of drug-likeness (QED) is 0.514. The number of para-hydroxylation sites is 1. The number of esters is 1. The number of carbonyl (C=O) groups excluding carboxylic acids is 1. The van der Waals surface area contributed by atoms with Crippen LogP contribution >= 0.6 is 0 Å². The number of anilines is 1. The second kappa shape index (κ2) is 11.9. The van der Waals surface area contributed by atoms with Crippen molar-refractivity contribution in [1.82, 2.24) is 0 Å². The van der Waals surface area contributed by atoms with Crippen molar-refractivity contribution in [3.05, 3.63) is 29.8 Å². The minimum absolute atomic E-state index is 0.146. The van der Waals surface area contributed by atoms with Crippen LogP contribution in [0.15, 0.2) is 24.3 Å². The van der Waals surface area contributed by atoms with Crippen LogP contribution in [0.4, 0.5) is 5.69 Å². The minimum atomic E-state index is -0.968. The van der Waals surface area contributed by atoms with E-state index in [-0.39, 0.29) is 25.5 Å². The van der Waals surface area contributed by atoms with Crippen molar-refractivity contribution >= 4 is 17.6 Å². The standard InChI is InChI=1S/C15H20N2O2.C2H5NO2/c1-11(2)13-7-4-5-8-14(13)17-12(3)15(18)19-10-6-9-16;3-1-2(4)5/h4-5,7-8,11-12,17H,6,10H2,1-3H3;1,3H2,(H,4,5)/t12-;/m0./s1. The molecule has 0 fully saturated rings. The van der Waals surface area contributed by atoms with E-state index < -0.39 is 12.0 Å². The Morgan fingerprint density at radius 1 is 1.33 bits per heavy atom. The number of nitrogens with zero attached hydrogens (tertiary/aromatic N) is 1. The van der Waals surface area contributed by atoms with Gasteiger partial charge in [-0.05, 0) is 24.5 Å². The summed E-state index contributed by atoms with van der Waals surface area (Å²) in [5.41, 5.74) is 6.68. The molecule has 132 valence electrons. The number of nitrogens with two attached hydrogens (primary N) is 1. The molecule has 0 unspecified atom stereocenters. The average Bonchev–Trinajstić information content (AvgIpc) is 2.55. The maximum atomic E-state index is 11.7. The Labute approximate surface area is 142 Å². The molecule has 0 saturated carbocycles. The van der Waals surface area contributed by atoms with Gasteiger partial charge in [-0.2, -0.15) is 5.26 Å². The number of aliphatic carboxylic acids is 1. The molecule has 1 aromatic carbocycles. The topological polar surface area (TPSA) is 125 Å². The van der Waals surface area contributed by atoms with Gasteiger partial charge in [0.05, 0.1) is 19.0 Å². The zero-order valence-electron chi connectivity index (χ0n) is 14.3. The predicted molar refractivity (Wildman–Crippen MR) is 91.5 cm³/mol. The molecule has 0 heterocycles. The van der Waals surface area contributed by atoms with Crippen molar-refractivity contribution in [2.45, 2.75) is 39.2 Å². The van der Waals surface area contributed by atoms with E-state index in [9.17, 15) is 9.59 Å². The molecular weight excluding hydrogens is 310 g/mol. The normalized spacial score (nSPS) is 10.8. The molecule has 1 atom stereocenters. The van der Waals surface area contributed by atoms with Gasteiger partial charge in [0.2, 0.25) is 0 Å². The first kappa shape index (κ1) is 21.4. The van der Waals surface area contributed by atoms with E-state index in [1.165, 1.54) is 5.56 Å². The van der Waals surface area contributed by atoms with Crippen molar-refractivity contribution in [1.29, 1.82) is 5.26 Å². The molecular formula is C17H25N3O4. The van der Waals surface area contributed by atoms with Crippen molar-refractivity contribution < 1.29 is 19.4 Å². The first-order valence-electron chi connectivity index (χ1n) is 7.64. The Hall–Kier alpha value is -2.59. The number of carboxylic acids is 1. The lowest BCUT2D eigenvalue weighted by atomic mass is 10.0. The number of carbonyl (C=O) groups is 2. The molecule has 0 aliphatic rings. The fourth-order valence-electron chi connectivity index (χ4n) is 1.75. The number of carboxylic acid groups (broad SMARTS) is 1. The summed E-state index contributed by atoms with van der Waals surface area (Å²) in [4.78, 5) is 21.0. The number of hydrogen-bond acceptors (Lipinski definition) is 6. The molecule has 1 rings (SSSR count). The molecule has 24 heavy (non-hydrogen) atoms. The van der Waals surface area contributed by atoms with E-state index in [1.54, 1.807) is 6.92 Å². The molecule has 0 saturated heterocycles. The smallest absolute Gasteiger partial charge is 0.328 e. The van der Waals surface area contributed by atoms with Gasteiger partial charge >= 0.3 is 11.9 Å². The molecule has 4 N–H and O–H groups in total. The molecule has 0 amide bonds. The second-order valence-electron chi connectivity index (χ2n) is 5.28. The van der Waals surface area contributed by atoms with Gasteiger partial charge < -0.3 is 20.9 Å². The van der Waals surface area contributed by atoms with Gasteiger partial charge in [-0.3, -0.25) is 4.79 Å². The van der Waals surface area contributed by atoms with Crippen LogP contribution in [-0.2, 0) is 14.3 Å². The molecule has 1 aromatic rings. The zero-order chi connectivity index (χ0) is 18.5. The SMILES string of the molecule is CC(C)c1ccccc1N[C@@H](C)C(=O)OCCC#N.NCC(=O)O. The minimum Gasteiger partial charge on any atom is -0.480 e. The fourth-order valence-corrected chi connectivity index (χ4v) is 1.75. The van der Waals surface area contributed by atoms with Crippen LogP contribution in [0.1, 0.15) is 38.7 Å². The number of benzene rings is 1. The molecule has 0 aliphatic heterocycles. The van der Waals surface area contributed by atoms with E-state index in [4.69, 9.17) is 15.1 Å². The van der Waals surface area contributed by atoms with Crippen molar-refractivity contribution in [2.75, 3.05) is 18.5 Å². The Balaban J connectivity index is 0.000000922. The number of nitrogens with one attached hydrogen (secondary N) is 1. The highest BCUT2D eigenvalue weighted by Crippen LogP contribution is 2.24. The molecule has 0 radical (unpaired) electrons. The lowest BCUT2D eigenvalue weighted by Crippen LogP contribution is -2.29. The van der Waals surface area contributed by atoms with Crippen LogP contribution in [0, 0.1) is 11.3 Å². The third-order valence-corrected chi connectivity index (χ3v) is 2.94. The van der Waals surface area contributed by atoms with Gasteiger partial charge in [0.1, 0.15) is 12.6 Å². The van der Waals surface area contributed by atoms with Gasteiger partial charge in [0.25, 0.3) is 0 Å². The highest BCUT2D eigenvalue weighted by Gasteiger charge is 2.16. The Morgan fingerprint density at radius 3 is 2.42 bits per heavy atom. The van der Waals surface area contributed by atoms with Crippen LogP contribution in [0.5, 0.6) is 0 Å². The van der Waals surface area contributed by atoms with Crippen LogP contribution < -0.4 is 11.1 Å². The van der Waals surface area contributed by atoms with Crippen molar-refractivity contribution in [2.24, 2.45) is 5.73 Å². The number of nitriles is 1. The molecule has 0 aliphatic carbocycles. The summed E-state index contributed by atoms with van der Waals surface area (Å²) in [7, 11) is 0. The van der Waals surface area contributed by atoms with Crippen LogP contribution in [0.2, 0.25) is 0 Å². The first-order chi connectivity index (χ1) is 11.3. The predicted octanol–water partition coefficient (Wildman–Crippen LogP) is 2.10. The van der Waals surface area contributed by atoms with E-state index in [2.05, 4.69) is 24.9 Å². The summed E-state index contributed by atoms with van der Waals surface area (Å²) >= 11 is 0. The monoisotopic (exact) mass is 335 g/mol. The van der Waals surface area contributed by atoms with E-state index >= 15 is 0 Å². The van der Waals surface area contributed by atoms with E-state index in [0.29, 0.717) is 5.92 Å². The van der Waals surface area contributed by atoms with Crippen LogP contribution in [0.25, 0.3) is 0 Å². The average molecular weight is 335 g/mol. The number of hydrogen-bond donors (Lipinski definition) is 3. The third kappa shape index (κ3) is 8.76. The summed E-state index contributed by atoms with van der Waals surface area (Å²) in [6.45, 7) is 5.84. The van der Waals surface area contributed by atoms with Crippen molar-refractivity contribution in [3.63, 3.8) is 0 Å². The summed E-state index contributed by atoms with van der Waals surface area (Å²) in [6.07, 6.45) is 0.223. The number of rotatable bonds is 7. The van der Waals surface area contributed by atoms with Crippen molar-refractivity contribution in [3.8, 4) is 6.07 Å².